The normalized spacial score (nSPS) is 33.6. The number of hydrogen-bond acceptors (Lipinski definition) is 4. The van der Waals surface area contributed by atoms with Crippen LogP contribution in [-0.2, 0) is 19.1 Å². The Hall–Kier alpha value is -1.53. The highest BCUT2D eigenvalue weighted by Gasteiger charge is 2.70. The molecule has 2 aliphatic rings. The number of alkyl halides is 3. The van der Waals surface area contributed by atoms with Gasteiger partial charge in [-0.15, -0.1) is 0 Å². The molecule has 2 saturated carbocycles. The molecule has 0 aromatic rings. The Morgan fingerprint density at radius 3 is 2.32 bits per heavy atom. The van der Waals surface area contributed by atoms with E-state index in [0.29, 0.717) is 6.42 Å². The first-order valence-corrected chi connectivity index (χ1v) is 7.15. The zero-order valence-corrected chi connectivity index (χ0v) is 12.5. The van der Waals surface area contributed by atoms with Crippen LogP contribution in [0.15, 0.2) is 12.2 Å². The lowest BCUT2D eigenvalue weighted by Gasteiger charge is -2.40. The Labute approximate surface area is 126 Å². The number of ether oxygens (including phenoxy) is 2. The van der Waals surface area contributed by atoms with E-state index in [1.54, 1.807) is 0 Å². The molecule has 0 aromatic heterocycles. The van der Waals surface area contributed by atoms with Crippen LogP contribution in [0.1, 0.15) is 33.1 Å². The SMILES string of the molecule is C=C(C)C(=O)OCC1CC2CC1CC2(OC(C)=O)C(F)(F)F. The Kier molecular flexibility index (Phi) is 4.28. The van der Waals surface area contributed by atoms with Gasteiger partial charge in [0.25, 0.3) is 0 Å². The molecule has 0 amide bonds. The molecule has 2 fully saturated rings. The lowest BCUT2D eigenvalue weighted by molar-refractivity contribution is -0.287. The van der Waals surface area contributed by atoms with Gasteiger partial charge in [0.2, 0.25) is 5.60 Å². The smallest absolute Gasteiger partial charge is 0.428 e. The van der Waals surface area contributed by atoms with Crippen LogP contribution in [0, 0.1) is 17.8 Å². The molecule has 0 saturated heterocycles. The molecule has 4 nitrogen and oxygen atoms in total. The first-order chi connectivity index (χ1) is 10.1. The maximum absolute atomic E-state index is 13.4. The van der Waals surface area contributed by atoms with E-state index in [-0.39, 0.29) is 36.9 Å². The first kappa shape index (κ1) is 16.8. The van der Waals surface area contributed by atoms with Crippen molar-refractivity contribution < 1.29 is 32.2 Å². The summed E-state index contributed by atoms with van der Waals surface area (Å²) in [5.74, 6) is -2.61. The van der Waals surface area contributed by atoms with Crippen molar-refractivity contribution in [2.45, 2.75) is 44.9 Å². The quantitative estimate of drug-likeness (QED) is 0.590. The summed E-state index contributed by atoms with van der Waals surface area (Å²) in [5, 5.41) is 0. The van der Waals surface area contributed by atoms with Crippen LogP contribution >= 0.6 is 0 Å². The first-order valence-electron chi connectivity index (χ1n) is 7.15. The van der Waals surface area contributed by atoms with Crippen molar-refractivity contribution in [2.75, 3.05) is 6.61 Å². The Morgan fingerprint density at radius 1 is 1.27 bits per heavy atom. The van der Waals surface area contributed by atoms with Crippen molar-refractivity contribution in [2.24, 2.45) is 17.8 Å². The van der Waals surface area contributed by atoms with Crippen LogP contribution in [0.4, 0.5) is 13.2 Å². The fourth-order valence-electron chi connectivity index (χ4n) is 3.70. The number of carbonyl (C=O) groups is 2. The monoisotopic (exact) mass is 320 g/mol. The predicted molar refractivity (Wildman–Crippen MR) is 70.6 cm³/mol. The molecule has 0 aromatic carbocycles. The zero-order valence-electron chi connectivity index (χ0n) is 12.5. The fraction of sp³-hybridized carbons (Fsp3) is 0.733. The summed E-state index contributed by atoms with van der Waals surface area (Å²) in [6.45, 7) is 6.04. The molecule has 0 N–H and O–H groups in total. The lowest BCUT2D eigenvalue weighted by atomic mass is 9.78. The number of rotatable bonds is 4. The fourth-order valence-corrected chi connectivity index (χ4v) is 3.70. The van der Waals surface area contributed by atoms with Gasteiger partial charge in [0.05, 0.1) is 6.61 Å². The molecule has 0 radical (unpaired) electrons. The largest absolute Gasteiger partial charge is 0.462 e. The molecule has 2 rings (SSSR count). The maximum Gasteiger partial charge on any atom is 0.428 e. The molecule has 2 bridgehead atoms. The van der Waals surface area contributed by atoms with Gasteiger partial charge in [0.1, 0.15) is 0 Å². The Bertz CT molecular complexity index is 500. The summed E-state index contributed by atoms with van der Waals surface area (Å²) < 4.78 is 50.0. The van der Waals surface area contributed by atoms with Gasteiger partial charge in [0, 0.05) is 18.4 Å². The average Bonchev–Trinajstić information content (AvgIpc) is 2.91. The van der Waals surface area contributed by atoms with E-state index in [1.165, 1.54) is 6.92 Å². The van der Waals surface area contributed by atoms with E-state index >= 15 is 0 Å². The lowest BCUT2D eigenvalue weighted by Crippen LogP contribution is -2.53. The van der Waals surface area contributed by atoms with E-state index in [4.69, 9.17) is 9.47 Å². The molecule has 4 atom stereocenters. The van der Waals surface area contributed by atoms with Gasteiger partial charge in [0.15, 0.2) is 0 Å². The summed E-state index contributed by atoms with van der Waals surface area (Å²) in [7, 11) is 0. The van der Waals surface area contributed by atoms with Gasteiger partial charge in [-0.3, -0.25) is 4.79 Å². The minimum atomic E-state index is -4.59. The van der Waals surface area contributed by atoms with Crippen LogP contribution in [0.25, 0.3) is 0 Å². The van der Waals surface area contributed by atoms with Gasteiger partial charge in [-0.2, -0.15) is 13.2 Å². The minimum Gasteiger partial charge on any atom is -0.462 e. The molecular formula is C15H19F3O4. The van der Waals surface area contributed by atoms with Crippen molar-refractivity contribution in [1.29, 1.82) is 0 Å². The van der Waals surface area contributed by atoms with Crippen LogP contribution in [0.2, 0.25) is 0 Å². The van der Waals surface area contributed by atoms with Gasteiger partial charge >= 0.3 is 18.1 Å². The van der Waals surface area contributed by atoms with E-state index in [9.17, 15) is 22.8 Å². The molecule has 4 unspecified atom stereocenters. The number of halogens is 3. The zero-order chi connectivity index (χ0) is 16.7. The summed E-state index contributed by atoms with van der Waals surface area (Å²) in [5.41, 5.74) is -2.12. The average molecular weight is 320 g/mol. The highest BCUT2D eigenvalue weighted by Crippen LogP contribution is 2.60. The summed E-state index contributed by atoms with van der Waals surface area (Å²) in [6, 6.07) is 0. The van der Waals surface area contributed by atoms with E-state index in [0.717, 1.165) is 6.92 Å². The second-order valence-electron chi connectivity index (χ2n) is 6.25. The van der Waals surface area contributed by atoms with Crippen molar-refractivity contribution in [3.8, 4) is 0 Å². The number of esters is 2. The third kappa shape index (κ3) is 2.85. The van der Waals surface area contributed by atoms with Crippen LogP contribution in [0.5, 0.6) is 0 Å². The van der Waals surface area contributed by atoms with E-state index in [2.05, 4.69) is 6.58 Å². The molecule has 0 heterocycles. The summed E-state index contributed by atoms with van der Waals surface area (Å²) in [4.78, 5) is 22.5. The van der Waals surface area contributed by atoms with Gasteiger partial charge in [-0.05, 0) is 38.0 Å². The molecule has 0 aliphatic heterocycles. The van der Waals surface area contributed by atoms with Crippen molar-refractivity contribution >= 4 is 11.9 Å². The summed E-state index contributed by atoms with van der Waals surface area (Å²) >= 11 is 0. The predicted octanol–water partition coefficient (Wildman–Crippen LogP) is 3.02. The molecule has 2 aliphatic carbocycles. The highest BCUT2D eigenvalue weighted by atomic mass is 19.4. The highest BCUT2D eigenvalue weighted by molar-refractivity contribution is 5.86. The third-order valence-electron chi connectivity index (χ3n) is 4.65. The second kappa shape index (κ2) is 5.59. The third-order valence-corrected chi connectivity index (χ3v) is 4.65. The Balaban J connectivity index is 2.05. The van der Waals surface area contributed by atoms with E-state index < -0.39 is 29.6 Å². The van der Waals surface area contributed by atoms with Crippen molar-refractivity contribution in [1.82, 2.24) is 0 Å². The standard InChI is InChI=1S/C15H19F3O4/c1-8(2)13(20)21-7-11-5-12-4-10(11)6-14(12,15(16,17)18)22-9(3)19/h10-12H,1,4-7H2,2-3H3. The summed E-state index contributed by atoms with van der Waals surface area (Å²) in [6.07, 6.45) is -4.27. The number of fused-ring (bicyclic) bond motifs is 2. The van der Waals surface area contributed by atoms with Crippen molar-refractivity contribution in [3.63, 3.8) is 0 Å². The van der Waals surface area contributed by atoms with Crippen LogP contribution in [0.3, 0.4) is 0 Å². The number of hydrogen-bond donors (Lipinski definition) is 0. The molecule has 0 spiro atoms. The van der Waals surface area contributed by atoms with Gasteiger partial charge in [-0.1, -0.05) is 6.58 Å². The van der Waals surface area contributed by atoms with Crippen molar-refractivity contribution in [3.05, 3.63) is 12.2 Å². The number of carbonyl (C=O) groups excluding carboxylic acids is 2. The van der Waals surface area contributed by atoms with E-state index in [1.807, 2.05) is 0 Å². The van der Waals surface area contributed by atoms with Crippen LogP contribution < -0.4 is 0 Å². The van der Waals surface area contributed by atoms with Crippen LogP contribution in [-0.4, -0.2) is 30.3 Å². The van der Waals surface area contributed by atoms with Gasteiger partial charge in [-0.25, -0.2) is 4.79 Å². The topological polar surface area (TPSA) is 52.6 Å². The Morgan fingerprint density at radius 2 is 1.91 bits per heavy atom. The second-order valence-corrected chi connectivity index (χ2v) is 6.25. The molecule has 7 heteroatoms. The molecule has 22 heavy (non-hydrogen) atoms. The minimum absolute atomic E-state index is 0.0842. The molecular weight excluding hydrogens is 301 g/mol. The maximum atomic E-state index is 13.4. The van der Waals surface area contributed by atoms with Gasteiger partial charge < -0.3 is 9.47 Å². The molecule has 124 valence electrons.